The van der Waals surface area contributed by atoms with Crippen molar-refractivity contribution in [2.75, 3.05) is 0 Å². The van der Waals surface area contributed by atoms with E-state index in [1.807, 2.05) is 0 Å². The zero-order valence-electron chi connectivity index (χ0n) is 10.1. The van der Waals surface area contributed by atoms with Gasteiger partial charge in [0.2, 0.25) is 0 Å². The molecule has 0 radical (unpaired) electrons. The second-order valence-corrected chi connectivity index (χ2v) is 4.69. The Morgan fingerprint density at radius 2 is 2.25 bits per heavy atom. The van der Waals surface area contributed by atoms with Gasteiger partial charge in [0.25, 0.3) is 0 Å². The smallest absolute Gasteiger partial charge is 0.275 e. The number of carbonyl (C=O) groups excluding carboxylic acids is 1. The first-order chi connectivity index (χ1) is 7.69. The minimum absolute atomic E-state index is 0.152. The highest BCUT2D eigenvalue weighted by atomic mass is 16.2. The number of amides is 2. The van der Waals surface area contributed by atoms with Crippen LogP contribution in [0.4, 0.5) is 4.79 Å². The van der Waals surface area contributed by atoms with E-state index in [1.165, 1.54) is 30.7 Å². The van der Waals surface area contributed by atoms with Gasteiger partial charge in [0.15, 0.2) is 0 Å². The van der Waals surface area contributed by atoms with Crippen molar-refractivity contribution < 1.29 is 4.79 Å². The van der Waals surface area contributed by atoms with Crippen molar-refractivity contribution in [2.45, 2.75) is 57.9 Å². The summed E-state index contributed by atoms with van der Waals surface area (Å²) in [5.74, 6) is 11.5. The average Bonchev–Trinajstić information content (AvgIpc) is 2.34. The Hall–Kier alpha value is -0.810. The zero-order valence-corrected chi connectivity index (χ0v) is 10.1. The van der Waals surface area contributed by atoms with Gasteiger partial charge >= 0.3 is 6.03 Å². The van der Waals surface area contributed by atoms with Gasteiger partial charge in [-0.15, -0.1) is 0 Å². The van der Waals surface area contributed by atoms with E-state index < -0.39 is 0 Å². The Kier molecular flexibility index (Phi) is 5.55. The Balaban J connectivity index is 2.40. The van der Waals surface area contributed by atoms with E-state index >= 15 is 0 Å². The molecular formula is C11H24N4O. The Bertz CT molecular complexity index is 222. The Morgan fingerprint density at radius 3 is 2.88 bits per heavy atom. The molecule has 1 aliphatic carbocycles. The summed E-state index contributed by atoms with van der Waals surface area (Å²) < 4.78 is 0. The SMILES string of the molecule is CCCCC1CCCC(N(N)C(=O)NN)C1. The van der Waals surface area contributed by atoms with Gasteiger partial charge in [-0.3, -0.25) is 10.4 Å². The molecule has 1 saturated carbocycles. The first kappa shape index (κ1) is 13.3. The molecule has 1 fully saturated rings. The number of rotatable bonds is 4. The molecule has 5 nitrogen and oxygen atoms in total. The summed E-state index contributed by atoms with van der Waals surface area (Å²) in [5.41, 5.74) is 2.08. The number of nitrogens with zero attached hydrogens (tertiary/aromatic N) is 1. The van der Waals surface area contributed by atoms with Crippen molar-refractivity contribution in [3.05, 3.63) is 0 Å². The first-order valence-electron chi connectivity index (χ1n) is 6.23. The molecule has 0 aromatic carbocycles. The molecular weight excluding hydrogens is 204 g/mol. The maximum Gasteiger partial charge on any atom is 0.345 e. The van der Waals surface area contributed by atoms with E-state index in [0.29, 0.717) is 0 Å². The molecule has 0 spiro atoms. The fourth-order valence-corrected chi connectivity index (χ4v) is 2.51. The molecule has 1 aliphatic rings. The number of hydrogen-bond donors (Lipinski definition) is 3. The maximum atomic E-state index is 11.3. The predicted octanol–water partition coefficient (Wildman–Crippen LogP) is 1.49. The number of nitrogens with one attached hydrogen (secondary N) is 1. The summed E-state index contributed by atoms with van der Waals surface area (Å²) in [7, 11) is 0. The highest BCUT2D eigenvalue weighted by Crippen LogP contribution is 2.30. The van der Waals surface area contributed by atoms with Gasteiger partial charge in [-0.2, -0.15) is 0 Å². The Morgan fingerprint density at radius 1 is 1.50 bits per heavy atom. The van der Waals surface area contributed by atoms with Crippen molar-refractivity contribution in [2.24, 2.45) is 17.6 Å². The molecule has 0 aliphatic heterocycles. The standard InChI is InChI=1S/C11H24N4O/c1-2-3-5-9-6-4-7-10(8-9)15(13)11(16)14-12/h9-10H,2-8,12-13H2,1H3,(H,14,16). The van der Waals surface area contributed by atoms with Crippen LogP contribution in [0.5, 0.6) is 0 Å². The van der Waals surface area contributed by atoms with Gasteiger partial charge in [0.1, 0.15) is 0 Å². The van der Waals surface area contributed by atoms with Crippen LogP contribution in [0.2, 0.25) is 0 Å². The van der Waals surface area contributed by atoms with Gasteiger partial charge in [-0.25, -0.2) is 16.5 Å². The summed E-state index contributed by atoms with van der Waals surface area (Å²) in [5, 5.41) is 1.26. The number of hydrazine groups is 2. The summed E-state index contributed by atoms with van der Waals surface area (Å²) in [4.78, 5) is 11.3. The lowest BCUT2D eigenvalue weighted by Gasteiger charge is -2.34. The van der Waals surface area contributed by atoms with Gasteiger partial charge < -0.3 is 0 Å². The van der Waals surface area contributed by atoms with E-state index in [1.54, 1.807) is 0 Å². The van der Waals surface area contributed by atoms with Crippen molar-refractivity contribution in [3.63, 3.8) is 0 Å². The third-order valence-corrected chi connectivity index (χ3v) is 3.47. The summed E-state index contributed by atoms with van der Waals surface area (Å²) in [6.07, 6.45) is 8.20. The number of unbranched alkanes of at least 4 members (excludes halogenated alkanes) is 1. The topological polar surface area (TPSA) is 84.4 Å². The highest BCUT2D eigenvalue weighted by molar-refractivity contribution is 5.73. The zero-order chi connectivity index (χ0) is 12.0. The minimum Gasteiger partial charge on any atom is -0.275 e. The lowest BCUT2D eigenvalue weighted by atomic mass is 9.82. The van der Waals surface area contributed by atoms with Crippen LogP contribution in [-0.2, 0) is 0 Å². The fraction of sp³-hybridized carbons (Fsp3) is 0.909. The molecule has 0 heterocycles. The molecule has 0 aromatic rings. The molecule has 94 valence electrons. The van der Waals surface area contributed by atoms with Gasteiger partial charge in [0.05, 0.1) is 6.04 Å². The first-order valence-corrected chi connectivity index (χ1v) is 6.23. The van der Waals surface area contributed by atoms with Gasteiger partial charge in [0, 0.05) is 0 Å². The van der Waals surface area contributed by atoms with Gasteiger partial charge in [-0.05, 0) is 18.8 Å². The highest BCUT2D eigenvalue weighted by Gasteiger charge is 2.27. The lowest BCUT2D eigenvalue weighted by Crippen LogP contribution is -2.53. The fourth-order valence-electron chi connectivity index (χ4n) is 2.51. The van der Waals surface area contributed by atoms with Crippen molar-refractivity contribution in [3.8, 4) is 0 Å². The normalized spacial score (nSPS) is 25.2. The molecule has 2 amide bonds. The number of hydrogen-bond acceptors (Lipinski definition) is 3. The molecule has 2 unspecified atom stereocenters. The molecule has 5 heteroatoms. The van der Waals surface area contributed by atoms with Crippen LogP contribution in [0.25, 0.3) is 0 Å². The van der Waals surface area contributed by atoms with Gasteiger partial charge in [-0.1, -0.05) is 39.0 Å². The molecule has 0 saturated heterocycles. The van der Waals surface area contributed by atoms with E-state index in [0.717, 1.165) is 25.2 Å². The van der Waals surface area contributed by atoms with Crippen LogP contribution in [0.1, 0.15) is 51.9 Å². The quantitative estimate of drug-likeness (QED) is 0.387. The molecule has 2 atom stereocenters. The average molecular weight is 228 g/mol. The molecule has 1 rings (SSSR count). The van der Waals surface area contributed by atoms with Crippen molar-refractivity contribution in [1.29, 1.82) is 0 Å². The minimum atomic E-state index is -0.388. The Labute approximate surface area is 97.5 Å². The van der Waals surface area contributed by atoms with Crippen LogP contribution in [-0.4, -0.2) is 17.1 Å². The second-order valence-electron chi connectivity index (χ2n) is 4.69. The van der Waals surface area contributed by atoms with Crippen LogP contribution in [0.3, 0.4) is 0 Å². The predicted molar refractivity (Wildman–Crippen MR) is 64.0 cm³/mol. The van der Waals surface area contributed by atoms with Crippen LogP contribution in [0, 0.1) is 5.92 Å². The largest absolute Gasteiger partial charge is 0.345 e. The molecule has 16 heavy (non-hydrogen) atoms. The third-order valence-electron chi connectivity index (χ3n) is 3.47. The lowest BCUT2D eigenvalue weighted by molar-refractivity contribution is 0.137. The summed E-state index contributed by atoms with van der Waals surface area (Å²) in [6.45, 7) is 2.21. The number of urea groups is 1. The molecule has 5 N–H and O–H groups in total. The van der Waals surface area contributed by atoms with Crippen LogP contribution < -0.4 is 17.1 Å². The second kappa shape index (κ2) is 6.70. The monoisotopic (exact) mass is 228 g/mol. The number of nitrogens with two attached hydrogens (primary N) is 2. The van der Waals surface area contributed by atoms with Crippen molar-refractivity contribution >= 4 is 6.03 Å². The van der Waals surface area contributed by atoms with Crippen LogP contribution >= 0.6 is 0 Å². The van der Waals surface area contributed by atoms with E-state index in [-0.39, 0.29) is 12.1 Å². The maximum absolute atomic E-state index is 11.3. The van der Waals surface area contributed by atoms with E-state index in [9.17, 15) is 4.79 Å². The summed E-state index contributed by atoms with van der Waals surface area (Å²) >= 11 is 0. The van der Waals surface area contributed by atoms with Crippen LogP contribution in [0.15, 0.2) is 0 Å². The number of carbonyl (C=O) groups is 1. The summed E-state index contributed by atoms with van der Waals surface area (Å²) in [6, 6.07) is -0.236. The van der Waals surface area contributed by atoms with E-state index in [4.69, 9.17) is 11.7 Å². The van der Waals surface area contributed by atoms with E-state index in [2.05, 4.69) is 12.3 Å². The molecule has 0 aromatic heterocycles. The third kappa shape index (κ3) is 3.64. The molecule has 0 bridgehead atoms. The van der Waals surface area contributed by atoms with Crippen molar-refractivity contribution in [1.82, 2.24) is 10.4 Å².